The van der Waals surface area contributed by atoms with Crippen molar-refractivity contribution in [3.63, 3.8) is 0 Å². The van der Waals surface area contributed by atoms with Crippen LogP contribution in [0, 0.1) is 0 Å². The highest BCUT2D eigenvalue weighted by atomic mass is 19.3. The zero-order valence-corrected chi connectivity index (χ0v) is 12.7. The summed E-state index contributed by atoms with van der Waals surface area (Å²) in [6, 6.07) is 5.58. The van der Waals surface area contributed by atoms with Crippen molar-refractivity contribution in [3.8, 4) is 5.75 Å². The molecule has 0 radical (unpaired) electrons. The van der Waals surface area contributed by atoms with E-state index in [2.05, 4.69) is 25.9 Å². The number of para-hydroxylation sites is 1. The van der Waals surface area contributed by atoms with E-state index in [-0.39, 0.29) is 24.8 Å². The molecule has 0 fully saturated rings. The van der Waals surface area contributed by atoms with Gasteiger partial charge in [-0.05, 0) is 19.1 Å². The van der Waals surface area contributed by atoms with Crippen LogP contribution in [0.3, 0.4) is 0 Å². The molecule has 0 saturated carbocycles. The van der Waals surface area contributed by atoms with Crippen LogP contribution in [0.25, 0.3) is 0 Å². The lowest BCUT2D eigenvalue weighted by Gasteiger charge is -2.20. The summed E-state index contributed by atoms with van der Waals surface area (Å²) in [5.41, 5.74) is -0.466. The molecule has 0 bridgehead atoms. The van der Waals surface area contributed by atoms with Crippen LogP contribution in [0.5, 0.6) is 5.75 Å². The van der Waals surface area contributed by atoms with Gasteiger partial charge in [-0.1, -0.05) is 24.3 Å². The fourth-order valence-corrected chi connectivity index (χ4v) is 1.96. The minimum atomic E-state index is -3.71. The zero-order chi connectivity index (χ0) is 16.9. The molecule has 1 heterocycles. The zero-order valence-electron chi connectivity index (χ0n) is 12.7. The second-order valence-electron chi connectivity index (χ2n) is 4.88. The number of carbonyl (C=O) groups excluding carboxylic acids is 1. The van der Waals surface area contributed by atoms with E-state index in [1.165, 1.54) is 18.2 Å². The third-order valence-corrected chi connectivity index (χ3v) is 3.18. The fraction of sp³-hybridized carbons (Fsp3) is 0.429. The number of H-pyrrole nitrogens is 1. The van der Waals surface area contributed by atoms with Crippen LogP contribution in [0.1, 0.15) is 31.2 Å². The average Bonchev–Trinajstić information content (AvgIpc) is 3.07. The Morgan fingerprint density at radius 1 is 1.43 bits per heavy atom. The topological polar surface area (TPSA) is 92.8 Å². The molecule has 9 heteroatoms. The molecule has 0 aliphatic rings. The first-order valence-corrected chi connectivity index (χ1v) is 7.08. The van der Waals surface area contributed by atoms with Gasteiger partial charge in [-0.2, -0.15) is 14.0 Å². The van der Waals surface area contributed by atoms with Crippen molar-refractivity contribution in [3.05, 3.63) is 35.7 Å². The summed E-state index contributed by atoms with van der Waals surface area (Å²) in [5.74, 6) is -5.14. The number of hydrogen-bond acceptors (Lipinski definition) is 5. The first-order chi connectivity index (χ1) is 11.0. The minimum absolute atomic E-state index is 0.0126. The van der Waals surface area contributed by atoms with Gasteiger partial charge in [0.15, 0.2) is 5.82 Å². The number of carbonyl (C=O) groups is 1. The molecule has 1 amide bonds. The Hall–Kier alpha value is -2.58. The Balaban J connectivity index is 2.08. The second kappa shape index (κ2) is 7.12. The van der Waals surface area contributed by atoms with Gasteiger partial charge in [0.2, 0.25) is 0 Å². The summed E-state index contributed by atoms with van der Waals surface area (Å²) in [4.78, 5) is 11.9. The number of nitrogens with one attached hydrogen (secondary N) is 2. The van der Waals surface area contributed by atoms with Crippen molar-refractivity contribution in [1.29, 1.82) is 0 Å². The van der Waals surface area contributed by atoms with Crippen LogP contribution in [-0.4, -0.2) is 39.7 Å². The Morgan fingerprint density at radius 3 is 2.83 bits per heavy atom. The Kier molecular flexibility index (Phi) is 5.20. The van der Waals surface area contributed by atoms with Gasteiger partial charge < -0.3 is 10.1 Å². The number of aromatic amines is 1. The highest BCUT2D eigenvalue weighted by Crippen LogP contribution is 2.35. The minimum Gasteiger partial charge on any atom is -0.493 e. The van der Waals surface area contributed by atoms with E-state index >= 15 is 0 Å². The van der Waals surface area contributed by atoms with E-state index in [1.807, 2.05) is 0 Å². The lowest BCUT2D eigenvalue weighted by Crippen LogP contribution is -2.40. The second-order valence-corrected chi connectivity index (χ2v) is 4.88. The maximum Gasteiger partial charge on any atom is 0.353 e. The maximum atomic E-state index is 14.4. The summed E-state index contributed by atoms with van der Waals surface area (Å²) >= 11 is 0. The van der Waals surface area contributed by atoms with Gasteiger partial charge >= 0.3 is 5.92 Å². The number of amides is 1. The fourth-order valence-electron chi connectivity index (χ4n) is 1.96. The molecular weight excluding hydrogens is 308 g/mol. The van der Waals surface area contributed by atoms with Crippen molar-refractivity contribution >= 4 is 5.91 Å². The molecule has 2 N–H and O–H groups in total. The average molecular weight is 325 g/mol. The monoisotopic (exact) mass is 325 g/mol. The van der Waals surface area contributed by atoms with Gasteiger partial charge in [-0.25, -0.2) is 0 Å². The van der Waals surface area contributed by atoms with Gasteiger partial charge in [-0.15, -0.1) is 10.2 Å². The molecular formula is C14H17F2N5O2. The maximum absolute atomic E-state index is 14.4. The Bertz CT molecular complexity index is 648. The number of nitrogens with zero attached hydrogens (tertiary/aromatic N) is 3. The summed E-state index contributed by atoms with van der Waals surface area (Å²) in [5, 5.41) is 15.4. The third-order valence-electron chi connectivity index (χ3n) is 3.18. The van der Waals surface area contributed by atoms with Crippen LogP contribution in [0.4, 0.5) is 8.78 Å². The molecule has 0 aliphatic heterocycles. The van der Waals surface area contributed by atoms with Crippen LogP contribution < -0.4 is 10.1 Å². The van der Waals surface area contributed by atoms with E-state index in [9.17, 15) is 13.6 Å². The summed E-state index contributed by atoms with van der Waals surface area (Å²) in [6.45, 7) is 3.56. The highest BCUT2D eigenvalue weighted by Gasteiger charge is 2.43. The number of alkyl halides is 2. The summed E-state index contributed by atoms with van der Waals surface area (Å²) in [6.07, 6.45) is 0. The lowest BCUT2D eigenvalue weighted by atomic mass is 10.1. The predicted molar refractivity (Wildman–Crippen MR) is 77.1 cm³/mol. The Labute approximate surface area is 131 Å². The molecule has 7 nitrogen and oxygen atoms in total. The van der Waals surface area contributed by atoms with E-state index in [0.717, 1.165) is 0 Å². The summed E-state index contributed by atoms with van der Waals surface area (Å²) in [7, 11) is 0. The molecule has 1 aromatic carbocycles. The van der Waals surface area contributed by atoms with E-state index in [1.54, 1.807) is 19.9 Å². The van der Waals surface area contributed by atoms with Crippen LogP contribution >= 0.6 is 0 Å². The van der Waals surface area contributed by atoms with E-state index in [0.29, 0.717) is 5.82 Å². The Morgan fingerprint density at radius 2 is 2.17 bits per heavy atom. The number of aromatic nitrogens is 4. The van der Waals surface area contributed by atoms with E-state index in [4.69, 9.17) is 4.74 Å². The molecule has 1 atom stereocenters. The van der Waals surface area contributed by atoms with Gasteiger partial charge in [0, 0.05) is 12.5 Å². The molecule has 124 valence electrons. The van der Waals surface area contributed by atoms with Crippen molar-refractivity contribution < 1.29 is 18.3 Å². The van der Waals surface area contributed by atoms with Gasteiger partial charge in [0.1, 0.15) is 5.75 Å². The first-order valence-electron chi connectivity index (χ1n) is 7.08. The van der Waals surface area contributed by atoms with Crippen LogP contribution in [0.15, 0.2) is 24.3 Å². The van der Waals surface area contributed by atoms with Crippen molar-refractivity contribution in [1.82, 2.24) is 25.9 Å². The van der Waals surface area contributed by atoms with Gasteiger partial charge in [-0.3, -0.25) is 4.79 Å². The number of halogens is 2. The smallest absolute Gasteiger partial charge is 0.353 e. The standard InChI is InChI=1S/C14H17F2N5O2/c1-3-23-11-7-5-4-6-10(11)14(15,16)13(22)17-8-9(2)12-18-20-21-19-12/h4-7,9H,3,8H2,1-2H3,(H,17,22)(H,18,19,20,21)/t9-/m0/s1. The van der Waals surface area contributed by atoms with Crippen molar-refractivity contribution in [2.45, 2.75) is 25.7 Å². The lowest BCUT2D eigenvalue weighted by molar-refractivity contribution is -0.147. The molecule has 2 rings (SSSR count). The number of ether oxygens (including phenoxy) is 1. The third kappa shape index (κ3) is 3.79. The first kappa shape index (κ1) is 16.8. The predicted octanol–water partition coefficient (Wildman–Crippen LogP) is 1.61. The SMILES string of the molecule is CCOc1ccccc1C(F)(F)C(=O)NC[C@H](C)c1nn[nH]n1. The number of hydrogen-bond donors (Lipinski definition) is 2. The molecule has 1 aromatic heterocycles. The van der Waals surface area contributed by atoms with Crippen LogP contribution in [0.2, 0.25) is 0 Å². The number of tetrazole rings is 1. The van der Waals surface area contributed by atoms with Crippen molar-refractivity contribution in [2.75, 3.05) is 13.2 Å². The van der Waals surface area contributed by atoms with Crippen molar-refractivity contribution in [2.24, 2.45) is 0 Å². The quantitative estimate of drug-likeness (QED) is 0.807. The molecule has 0 aliphatic carbocycles. The molecule has 0 spiro atoms. The molecule has 0 unspecified atom stereocenters. The summed E-state index contributed by atoms with van der Waals surface area (Å²) < 4.78 is 33.9. The van der Waals surface area contributed by atoms with Gasteiger partial charge in [0.25, 0.3) is 5.91 Å². The largest absolute Gasteiger partial charge is 0.493 e. The van der Waals surface area contributed by atoms with Crippen LogP contribution in [-0.2, 0) is 10.7 Å². The normalized spacial score (nSPS) is 12.7. The van der Waals surface area contributed by atoms with Gasteiger partial charge in [0.05, 0.1) is 12.2 Å². The molecule has 0 saturated heterocycles. The van der Waals surface area contributed by atoms with E-state index < -0.39 is 17.4 Å². The number of rotatable bonds is 7. The molecule has 23 heavy (non-hydrogen) atoms. The number of benzene rings is 1. The molecule has 2 aromatic rings. The highest BCUT2D eigenvalue weighted by molar-refractivity contribution is 5.85.